The molecule has 3 aromatic carbocycles. The van der Waals surface area contributed by atoms with Gasteiger partial charge in [-0.05, 0) is 34.4 Å². The molecule has 0 saturated heterocycles. The number of carbonyl (C=O) groups excluding carboxylic acids is 1. The van der Waals surface area contributed by atoms with Gasteiger partial charge in [0.25, 0.3) is 5.91 Å². The van der Waals surface area contributed by atoms with Crippen molar-refractivity contribution in [3.63, 3.8) is 0 Å². The van der Waals surface area contributed by atoms with Crippen molar-refractivity contribution in [1.82, 2.24) is 10.0 Å². The summed E-state index contributed by atoms with van der Waals surface area (Å²) >= 11 is 0. The highest BCUT2D eigenvalue weighted by Crippen LogP contribution is 2.52. The fourth-order valence-electron chi connectivity index (χ4n) is 4.81. The summed E-state index contributed by atoms with van der Waals surface area (Å²) in [7, 11) is -3.27. The van der Waals surface area contributed by atoms with Crippen molar-refractivity contribution in [3.05, 3.63) is 89.5 Å². The van der Waals surface area contributed by atoms with Crippen molar-refractivity contribution in [2.24, 2.45) is 16.6 Å². The lowest BCUT2D eigenvalue weighted by Crippen LogP contribution is -2.48. The van der Waals surface area contributed by atoms with Crippen molar-refractivity contribution < 1.29 is 17.9 Å². The van der Waals surface area contributed by atoms with E-state index in [2.05, 4.69) is 15.0 Å². The third-order valence-electron chi connectivity index (χ3n) is 6.60. The molecule has 2 aliphatic heterocycles. The van der Waals surface area contributed by atoms with Gasteiger partial charge in [-0.2, -0.15) is 0 Å². The lowest BCUT2D eigenvalue weighted by atomic mass is 9.72. The maximum absolute atomic E-state index is 13.3. The summed E-state index contributed by atoms with van der Waals surface area (Å²) in [5, 5.41) is 2.69. The molecule has 3 atom stereocenters. The zero-order valence-corrected chi connectivity index (χ0v) is 20.2. The molecule has 0 fully saturated rings. The summed E-state index contributed by atoms with van der Waals surface area (Å²) in [6, 6.07) is 23.1. The standard InChI is InChI=1S/C26H26N4O4S/c1-16-23(19-6-4-3-5-7-19)34-22-13-12-20(14-21(22)26(16)24(31)29-25(27)30-26)18-10-8-17(9-11-18)15-28-35(2,32)33/h3-14,16,23,28H,15H2,1-2H3,(H3,27,29,30,31)/t16?,23-,26-/m1/s1. The van der Waals surface area contributed by atoms with Gasteiger partial charge in [-0.3, -0.25) is 10.1 Å². The van der Waals surface area contributed by atoms with Crippen LogP contribution >= 0.6 is 0 Å². The number of hydrogen-bond donors (Lipinski definition) is 3. The summed E-state index contributed by atoms with van der Waals surface area (Å²) in [5.74, 6) is 0.0865. The number of fused-ring (bicyclic) bond motifs is 2. The lowest BCUT2D eigenvalue weighted by molar-refractivity contribution is -0.128. The number of hydrogen-bond acceptors (Lipinski definition) is 6. The van der Waals surface area contributed by atoms with Gasteiger partial charge in [-0.15, -0.1) is 0 Å². The number of carbonyl (C=O) groups is 1. The summed E-state index contributed by atoms with van der Waals surface area (Å²) in [5.41, 5.74) is 9.03. The Morgan fingerprint density at radius 2 is 1.74 bits per heavy atom. The molecule has 0 aromatic heterocycles. The van der Waals surface area contributed by atoms with E-state index in [1.165, 1.54) is 0 Å². The highest BCUT2D eigenvalue weighted by atomic mass is 32.2. The van der Waals surface area contributed by atoms with Crippen LogP contribution in [0.5, 0.6) is 5.75 Å². The molecule has 1 amide bonds. The van der Waals surface area contributed by atoms with E-state index in [1.54, 1.807) is 0 Å². The first-order valence-corrected chi connectivity index (χ1v) is 13.1. The first-order chi connectivity index (χ1) is 16.7. The van der Waals surface area contributed by atoms with E-state index in [0.29, 0.717) is 11.3 Å². The maximum Gasteiger partial charge on any atom is 0.259 e. The van der Waals surface area contributed by atoms with Gasteiger partial charge in [0.1, 0.15) is 11.9 Å². The second-order valence-corrected chi connectivity index (χ2v) is 10.8. The topological polar surface area (TPSA) is 123 Å². The van der Waals surface area contributed by atoms with Crippen molar-refractivity contribution in [3.8, 4) is 16.9 Å². The molecule has 0 radical (unpaired) electrons. The van der Waals surface area contributed by atoms with Gasteiger partial charge < -0.3 is 10.5 Å². The van der Waals surface area contributed by atoms with Crippen molar-refractivity contribution in [1.29, 1.82) is 0 Å². The van der Waals surface area contributed by atoms with Gasteiger partial charge in [0.2, 0.25) is 10.0 Å². The molecule has 9 heteroatoms. The number of rotatable bonds is 5. The molecule has 5 rings (SSSR count). The van der Waals surface area contributed by atoms with Crippen LogP contribution in [0, 0.1) is 5.92 Å². The second kappa shape index (κ2) is 8.51. The zero-order valence-electron chi connectivity index (χ0n) is 19.4. The number of nitrogens with two attached hydrogens (primary N) is 1. The minimum absolute atomic E-state index is 0.0923. The Morgan fingerprint density at radius 3 is 2.37 bits per heavy atom. The van der Waals surface area contributed by atoms with Gasteiger partial charge in [-0.1, -0.05) is 67.6 Å². The molecular weight excluding hydrogens is 464 g/mol. The average molecular weight is 491 g/mol. The Balaban J connectivity index is 1.55. The molecular formula is C26H26N4O4S. The van der Waals surface area contributed by atoms with E-state index in [1.807, 2.05) is 79.7 Å². The number of benzene rings is 3. The Kier molecular flexibility index (Phi) is 5.61. The quantitative estimate of drug-likeness (QED) is 0.508. The molecule has 3 aromatic rings. The SMILES string of the molecule is CC1[C@H](c2ccccc2)Oc2ccc(-c3ccc(CNS(C)(=O)=O)cc3)cc2[C@]12N=C(N)NC2=O. The predicted molar refractivity (Wildman–Crippen MR) is 134 cm³/mol. The zero-order chi connectivity index (χ0) is 24.8. The number of aliphatic imine (C=N–C) groups is 1. The molecule has 0 bridgehead atoms. The van der Waals surface area contributed by atoms with Crippen molar-refractivity contribution in [2.45, 2.75) is 25.1 Å². The fourth-order valence-corrected chi connectivity index (χ4v) is 5.24. The number of nitrogens with zero attached hydrogens (tertiary/aromatic N) is 1. The first kappa shape index (κ1) is 23.1. The van der Waals surface area contributed by atoms with E-state index in [-0.39, 0.29) is 30.4 Å². The second-order valence-electron chi connectivity index (χ2n) is 8.96. The van der Waals surface area contributed by atoms with Gasteiger partial charge in [-0.25, -0.2) is 18.1 Å². The monoisotopic (exact) mass is 490 g/mol. The van der Waals surface area contributed by atoms with E-state index in [4.69, 9.17) is 10.5 Å². The molecule has 2 heterocycles. The normalized spacial score (nSPS) is 23.4. The number of nitrogens with one attached hydrogen (secondary N) is 2. The molecule has 35 heavy (non-hydrogen) atoms. The average Bonchev–Trinajstić information content (AvgIpc) is 3.14. The van der Waals surface area contributed by atoms with Crippen LogP contribution in [0.15, 0.2) is 77.8 Å². The summed E-state index contributed by atoms with van der Waals surface area (Å²) in [6.45, 7) is 2.17. The van der Waals surface area contributed by atoms with Crippen LogP contribution in [0.1, 0.15) is 29.7 Å². The third kappa shape index (κ3) is 4.17. The fraction of sp³-hybridized carbons (Fsp3) is 0.231. The molecule has 4 N–H and O–H groups in total. The van der Waals surface area contributed by atoms with Crippen LogP contribution in [0.4, 0.5) is 0 Å². The summed E-state index contributed by atoms with van der Waals surface area (Å²) in [6.07, 6.45) is 0.751. The highest BCUT2D eigenvalue weighted by Gasteiger charge is 2.56. The van der Waals surface area contributed by atoms with Crippen molar-refractivity contribution in [2.75, 3.05) is 6.26 Å². The minimum Gasteiger partial charge on any atom is -0.485 e. The molecule has 8 nitrogen and oxygen atoms in total. The van der Waals surface area contributed by atoms with Crippen LogP contribution in [-0.4, -0.2) is 26.5 Å². The largest absolute Gasteiger partial charge is 0.485 e. The maximum atomic E-state index is 13.3. The molecule has 0 saturated carbocycles. The first-order valence-electron chi connectivity index (χ1n) is 11.2. The van der Waals surface area contributed by atoms with Crippen molar-refractivity contribution >= 4 is 21.9 Å². The Bertz CT molecular complexity index is 1420. The Labute approximate surface area is 204 Å². The summed E-state index contributed by atoms with van der Waals surface area (Å²) < 4.78 is 31.6. The van der Waals surface area contributed by atoms with E-state index < -0.39 is 15.6 Å². The molecule has 2 aliphatic rings. The van der Waals surface area contributed by atoms with E-state index in [0.717, 1.165) is 28.5 Å². The van der Waals surface area contributed by atoms with Crippen LogP contribution in [-0.2, 0) is 26.9 Å². The predicted octanol–water partition coefficient (Wildman–Crippen LogP) is 2.81. The van der Waals surface area contributed by atoms with E-state index >= 15 is 0 Å². The summed E-state index contributed by atoms with van der Waals surface area (Å²) in [4.78, 5) is 18.0. The van der Waals surface area contributed by atoms with Crippen LogP contribution in [0.25, 0.3) is 11.1 Å². The molecule has 180 valence electrons. The lowest BCUT2D eigenvalue weighted by Gasteiger charge is -2.42. The smallest absolute Gasteiger partial charge is 0.259 e. The van der Waals surface area contributed by atoms with Gasteiger partial charge in [0.05, 0.1) is 6.26 Å². The number of guanidine groups is 1. The van der Waals surface area contributed by atoms with Crippen LogP contribution in [0.2, 0.25) is 0 Å². The number of sulfonamides is 1. The van der Waals surface area contributed by atoms with Gasteiger partial charge in [0.15, 0.2) is 11.5 Å². The van der Waals surface area contributed by atoms with Crippen LogP contribution < -0.4 is 20.5 Å². The number of amides is 1. The van der Waals surface area contributed by atoms with Gasteiger partial charge >= 0.3 is 0 Å². The highest BCUT2D eigenvalue weighted by molar-refractivity contribution is 7.88. The molecule has 1 unspecified atom stereocenters. The number of ether oxygens (including phenoxy) is 1. The Morgan fingerprint density at radius 1 is 1.06 bits per heavy atom. The Hall–Kier alpha value is -3.69. The third-order valence-corrected chi connectivity index (χ3v) is 7.26. The van der Waals surface area contributed by atoms with E-state index in [9.17, 15) is 13.2 Å². The minimum atomic E-state index is -3.27. The van der Waals surface area contributed by atoms with Gasteiger partial charge in [0, 0.05) is 18.0 Å². The molecule has 0 aliphatic carbocycles. The molecule has 1 spiro atoms. The van der Waals surface area contributed by atoms with Crippen LogP contribution in [0.3, 0.4) is 0 Å².